The summed E-state index contributed by atoms with van der Waals surface area (Å²) in [4.78, 5) is 23.8. The number of primary amides is 1. The second-order valence-corrected chi connectivity index (χ2v) is 5.79. The molecule has 126 valence electrons. The van der Waals surface area contributed by atoms with Crippen LogP contribution in [-0.2, 0) is 6.54 Å². The Labute approximate surface area is 149 Å². The van der Waals surface area contributed by atoms with Gasteiger partial charge in [0.15, 0.2) is 0 Å². The monoisotopic (exact) mass is 354 g/mol. The van der Waals surface area contributed by atoms with E-state index in [0.717, 1.165) is 5.56 Å². The number of aromatic nitrogens is 2. The highest BCUT2D eigenvalue weighted by molar-refractivity contribution is 6.31. The molecule has 7 heteroatoms. The lowest BCUT2D eigenvalue weighted by atomic mass is 10.1. The van der Waals surface area contributed by atoms with E-state index in [9.17, 15) is 9.59 Å². The molecular formula is C18H15ClN4O2. The van der Waals surface area contributed by atoms with E-state index in [0.29, 0.717) is 22.8 Å². The maximum absolute atomic E-state index is 12.4. The van der Waals surface area contributed by atoms with Gasteiger partial charge in [-0.05, 0) is 23.8 Å². The number of rotatable bonds is 5. The molecule has 0 saturated heterocycles. The number of para-hydroxylation sites is 1. The molecule has 0 bridgehead atoms. The average molecular weight is 355 g/mol. The molecule has 6 nitrogen and oxygen atoms in total. The van der Waals surface area contributed by atoms with Crippen molar-refractivity contribution in [1.29, 1.82) is 0 Å². The highest BCUT2D eigenvalue weighted by Crippen LogP contribution is 2.17. The van der Waals surface area contributed by atoms with E-state index in [4.69, 9.17) is 17.3 Å². The Bertz CT molecular complexity index is 936. The summed E-state index contributed by atoms with van der Waals surface area (Å²) >= 11 is 6.13. The second kappa shape index (κ2) is 7.19. The summed E-state index contributed by atoms with van der Waals surface area (Å²) in [6.07, 6.45) is 3.07. The summed E-state index contributed by atoms with van der Waals surface area (Å²) in [6, 6.07) is 14.0. The summed E-state index contributed by atoms with van der Waals surface area (Å²) in [5, 5.41) is 7.49. The van der Waals surface area contributed by atoms with Gasteiger partial charge in [-0.3, -0.25) is 14.3 Å². The Morgan fingerprint density at radius 1 is 1.12 bits per heavy atom. The first-order valence-corrected chi connectivity index (χ1v) is 7.88. The highest BCUT2D eigenvalue weighted by atomic mass is 35.5. The minimum absolute atomic E-state index is 0.249. The van der Waals surface area contributed by atoms with Gasteiger partial charge in [0.25, 0.3) is 11.8 Å². The van der Waals surface area contributed by atoms with Crippen molar-refractivity contribution in [2.75, 3.05) is 5.32 Å². The number of nitrogens with two attached hydrogens (primary N) is 1. The zero-order valence-corrected chi connectivity index (χ0v) is 13.9. The number of halogens is 1. The number of benzene rings is 2. The topological polar surface area (TPSA) is 90.0 Å². The highest BCUT2D eigenvalue weighted by Gasteiger charge is 2.13. The van der Waals surface area contributed by atoms with E-state index >= 15 is 0 Å². The maximum Gasteiger partial charge on any atom is 0.258 e. The third-order valence-electron chi connectivity index (χ3n) is 3.63. The van der Waals surface area contributed by atoms with E-state index in [2.05, 4.69) is 10.4 Å². The largest absolute Gasteiger partial charge is 0.366 e. The van der Waals surface area contributed by atoms with E-state index < -0.39 is 5.91 Å². The molecule has 3 N–H and O–H groups in total. The lowest BCUT2D eigenvalue weighted by Gasteiger charge is -2.07. The first-order valence-electron chi connectivity index (χ1n) is 7.50. The molecule has 0 radical (unpaired) electrons. The smallest absolute Gasteiger partial charge is 0.258 e. The quantitative estimate of drug-likeness (QED) is 0.738. The van der Waals surface area contributed by atoms with Crippen molar-refractivity contribution in [3.63, 3.8) is 0 Å². The Kier molecular flexibility index (Phi) is 4.81. The predicted octanol–water partition coefficient (Wildman–Crippen LogP) is 2.94. The SMILES string of the molecule is NC(=O)c1ccccc1NC(=O)c1cnn(Cc2ccccc2Cl)c1. The molecule has 2 aromatic carbocycles. The van der Waals surface area contributed by atoms with Gasteiger partial charge in [0.1, 0.15) is 0 Å². The molecule has 2 amide bonds. The summed E-state index contributed by atoms with van der Waals surface area (Å²) in [7, 11) is 0. The summed E-state index contributed by atoms with van der Waals surface area (Å²) in [5.74, 6) is -0.982. The van der Waals surface area contributed by atoms with Crippen LogP contribution in [0.5, 0.6) is 0 Å². The number of hydrogen-bond donors (Lipinski definition) is 2. The average Bonchev–Trinajstić information content (AvgIpc) is 3.06. The molecule has 3 rings (SSSR count). The van der Waals surface area contributed by atoms with E-state index in [1.54, 1.807) is 41.2 Å². The molecule has 0 unspecified atom stereocenters. The van der Waals surface area contributed by atoms with Gasteiger partial charge in [0.05, 0.1) is 29.6 Å². The fraction of sp³-hybridized carbons (Fsp3) is 0.0556. The number of carbonyl (C=O) groups is 2. The molecule has 3 aromatic rings. The predicted molar refractivity (Wildman–Crippen MR) is 95.7 cm³/mol. The molecule has 1 heterocycles. The number of amides is 2. The van der Waals surface area contributed by atoms with Gasteiger partial charge in [-0.1, -0.05) is 41.9 Å². The fourth-order valence-electron chi connectivity index (χ4n) is 2.37. The molecule has 0 aliphatic carbocycles. The minimum atomic E-state index is -0.606. The van der Waals surface area contributed by atoms with Crippen LogP contribution in [0.1, 0.15) is 26.3 Å². The lowest BCUT2D eigenvalue weighted by Crippen LogP contribution is -2.18. The second-order valence-electron chi connectivity index (χ2n) is 5.38. The number of carbonyl (C=O) groups excluding carboxylic acids is 2. The summed E-state index contributed by atoms with van der Waals surface area (Å²) in [6.45, 7) is 0.449. The molecule has 1 aromatic heterocycles. The zero-order valence-electron chi connectivity index (χ0n) is 13.1. The summed E-state index contributed by atoms with van der Waals surface area (Å²) in [5.41, 5.74) is 7.19. The van der Waals surface area contributed by atoms with Crippen molar-refractivity contribution < 1.29 is 9.59 Å². The molecule has 0 saturated carbocycles. The van der Waals surface area contributed by atoms with Crippen molar-refractivity contribution in [1.82, 2.24) is 9.78 Å². The van der Waals surface area contributed by atoms with Crippen LogP contribution in [0.4, 0.5) is 5.69 Å². The van der Waals surface area contributed by atoms with Crippen molar-refractivity contribution in [2.45, 2.75) is 6.54 Å². The molecule has 25 heavy (non-hydrogen) atoms. The van der Waals surface area contributed by atoms with E-state index in [-0.39, 0.29) is 11.5 Å². The molecule has 0 spiro atoms. The van der Waals surface area contributed by atoms with Gasteiger partial charge in [-0.2, -0.15) is 5.10 Å². The zero-order chi connectivity index (χ0) is 17.8. The number of nitrogens with zero attached hydrogens (tertiary/aromatic N) is 2. The van der Waals surface area contributed by atoms with Crippen LogP contribution >= 0.6 is 11.6 Å². The van der Waals surface area contributed by atoms with Crippen LogP contribution in [0, 0.1) is 0 Å². The molecular weight excluding hydrogens is 340 g/mol. The standard InChI is InChI=1S/C18H15ClN4O2/c19-15-7-3-1-5-12(15)10-23-11-13(9-21-23)18(25)22-16-8-4-2-6-14(16)17(20)24/h1-9,11H,10H2,(H2,20,24)(H,22,25). The third-order valence-corrected chi connectivity index (χ3v) is 4.00. The molecule has 0 aliphatic heterocycles. The van der Waals surface area contributed by atoms with Crippen LogP contribution in [0.3, 0.4) is 0 Å². The van der Waals surface area contributed by atoms with E-state index in [1.807, 2.05) is 18.2 Å². The maximum atomic E-state index is 12.4. The van der Waals surface area contributed by atoms with Gasteiger partial charge < -0.3 is 11.1 Å². The van der Waals surface area contributed by atoms with Crippen molar-refractivity contribution in [3.05, 3.63) is 82.6 Å². The van der Waals surface area contributed by atoms with Crippen LogP contribution in [0.15, 0.2) is 60.9 Å². The van der Waals surface area contributed by atoms with Gasteiger partial charge in [0, 0.05) is 11.2 Å². The number of nitrogens with one attached hydrogen (secondary N) is 1. The van der Waals surface area contributed by atoms with E-state index in [1.165, 1.54) is 6.20 Å². The van der Waals surface area contributed by atoms with Crippen LogP contribution in [0.25, 0.3) is 0 Å². The molecule has 0 fully saturated rings. The Morgan fingerprint density at radius 2 is 1.84 bits per heavy atom. The third kappa shape index (κ3) is 3.87. The normalized spacial score (nSPS) is 10.4. The first-order chi connectivity index (χ1) is 12.0. The Hall–Kier alpha value is -3.12. The lowest BCUT2D eigenvalue weighted by molar-refractivity contribution is 0.100. The first kappa shape index (κ1) is 16.7. The molecule has 0 aliphatic rings. The van der Waals surface area contributed by atoms with Crippen molar-refractivity contribution in [3.8, 4) is 0 Å². The number of hydrogen-bond acceptors (Lipinski definition) is 3. The van der Waals surface area contributed by atoms with Crippen LogP contribution < -0.4 is 11.1 Å². The van der Waals surface area contributed by atoms with Gasteiger partial charge in [0.2, 0.25) is 0 Å². The van der Waals surface area contributed by atoms with Gasteiger partial charge >= 0.3 is 0 Å². The summed E-state index contributed by atoms with van der Waals surface area (Å²) < 4.78 is 1.62. The van der Waals surface area contributed by atoms with Crippen molar-refractivity contribution in [2.24, 2.45) is 5.73 Å². The van der Waals surface area contributed by atoms with Crippen molar-refractivity contribution >= 4 is 29.1 Å². The van der Waals surface area contributed by atoms with Gasteiger partial charge in [-0.15, -0.1) is 0 Å². The minimum Gasteiger partial charge on any atom is -0.366 e. The van der Waals surface area contributed by atoms with Crippen LogP contribution in [0.2, 0.25) is 5.02 Å². The van der Waals surface area contributed by atoms with Gasteiger partial charge in [-0.25, -0.2) is 0 Å². The van der Waals surface area contributed by atoms with Crippen LogP contribution in [-0.4, -0.2) is 21.6 Å². The molecule has 0 atom stereocenters. The Balaban J connectivity index is 1.75. The fourth-order valence-corrected chi connectivity index (χ4v) is 2.57. The Morgan fingerprint density at radius 3 is 2.60 bits per heavy atom. The number of anilines is 1.